The summed E-state index contributed by atoms with van der Waals surface area (Å²) in [5.41, 5.74) is 4.69. The lowest BCUT2D eigenvalue weighted by atomic mass is 9.97. The summed E-state index contributed by atoms with van der Waals surface area (Å²) in [5, 5.41) is 13.6. The van der Waals surface area contributed by atoms with Gasteiger partial charge < -0.3 is 21.3 Å². The van der Waals surface area contributed by atoms with Crippen molar-refractivity contribution >= 4 is 40.8 Å². The minimum Gasteiger partial charge on any atom is -0.346 e. The van der Waals surface area contributed by atoms with Crippen LogP contribution >= 0.6 is 11.6 Å². The van der Waals surface area contributed by atoms with E-state index < -0.39 is 6.29 Å². The number of nitrogens with one attached hydrogen (secondary N) is 4. The highest BCUT2D eigenvalue weighted by Crippen LogP contribution is 2.40. The van der Waals surface area contributed by atoms with E-state index in [4.69, 9.17) is 11.6 Å². The summed E-state index contributed by atoms with van der Waals surface area (Å²) < 4.78 is 0. The van der Waals surface area contributed by atoms with E-state index in [0.717, 1.165) is 42.9 Å². The average molecular weight is 451 g/mol. The Bertz CT molecular complexity index is 1060. The van der Waals surface area contributed by atoms with Gasteiger partial charge >= 0.3 is 0 Å². The van der Waals surface area contributed by atoms with Gasteiger partial charge in [0.25, 0.3) is 0 Å². The zero-order chi connectivity index (χ0) is 21.9. The third kappa shape index (κ3) is 4.95. The molecule has 1 aromatic carbocycles. The molecule has 2 fully saturated rings. The fourth-order valence-electron chi connectivity index (χ4n) is 4.18. The van der Waals surface area contributed by atoms with Gasteiger partial charge in [0, 0.05) is 12.1 Å². The molecule has 166 valence electrons. The molecule has 0 bridgehead atoms. The van der Waals surface area contributed by atoms with E-state index in [1.54, 1.807) is 18.6 Å². The first-order valence-corrected chi connectivity index (χ1v) is 11.6. The van der Waals surface area contributed by atoms with Crippen LogP contribution in [0.1, 0.15) is 42.7 Å². The quantitative estimate of drug-likeness (QED) is 0.536. The Morgan fingerprint density at radius 3 is 2.69 bits per heavy atom. The van der Waals surface area contributed by atoms with Crippen molar-refractivity contribution in [2.75, 3.05) is 23.7 Å². The summed E-state index contributed by atoms with van der Waals surface area (Å²) in [6.07, 6.45) is 8.88. The SMILES string of the molecule is O=C(Nc1cncc(NC2N=CC(Cl)=C(c3cccc(C4CC4)c3)N2)c1)C1CCNCC1. The number of anilines is 2. The predicted molar refractivity (Wildman–Crippen MR) is 129 cm³/mol. The first-order chi connectivity index (χ1) is 15.7. The van der Waals surface area contributed by atoms with Gasteiger partial charge in [-0.1, -0.05) is 29.8 Å². The maximum atomic E-state index is 12.5. The van der Waals surface area contributed by atoms with E-state index in [1.807, 2.05) is 6.07 Å². The molecule has 1 aliphatic carbocycles. The number of halogens is 1. The van der Waals surface area contributed by atoms with Gasteiger partial charge in [-0.3, -0.25) is 9.78 Å². The molecular formula is C24H27ClN6O. The fourth-order valence-corrected chi connectivity index (χ4v) is 4.40. The Morgan fingerprint density at radius 1 is 1.06 bits per heavy atom. The van der Waals surface area contributed by atoms with Gasteiger partial charge in [-0.25, -0.2) is 4.99 Å². The number of amides is 1. The Labute approximate surface area is 192 Å². The fraction of sp³-hybridized carbons (Fsp3) is 0.375. The Morgan fingerprint density at radius 2 is 1.88 bits per heavy atom. The summed E-state index contributed by atoms with van der Waals surface area (Å²) in [6.45, 7) is 1.76. The number of carbonyl (C=O) groups excluding carboxylic acids is 1. The van der Waals surface area contributed by atoms with Crippen LogP contribution in [0.4, 0.5) is 11.4 Å². The molecule has 0 radical (unpaired) electrons. The molecule has 3 heterocycles. The number of carbonyl (C=O) groups is 1. The van der Waals surface area contributed by atoms with Crippen LogP contribution in [-0.2, 0) is 4.79 Å². The molecule has 7 nitrogen and oxygen atoms in total. The Balaban J connectivity index is 1.25. The second kappa shape index (κ2) is 9.30. The lowest BCUT2D eigenvalue weighted by Crippen LogP contribution is -2.36. The van der Waals surface area contributed by atoms with E-state index in [2.05, 4.69) is 55.5 Å². The largest absolute Gasteiger partial charge is 0.346 e. The zero-order valence-electron chi connectivity index (χ0n) is 17.8. The van der Waals surface area contributed by atoms with Crippen molar-refractivity contribution in [3.05, 3.63) is 58.9 Å². The van der Waals surface area contributed by atoms with Crippen molar-refractivity contribution in [1.82, 2.24) is 15.6 Å². The van der Waals surface area contributed by atoms with Gasteiger partial charge in [0.15, 0.2) is 6.29 Å². The first-order valence-electron chi connectivity index (χ1n) is 11.2. The van der Waals surface area contributed by atoms with Crippen molar-refractivity contribution < 1.29 is 4.79 Å². The lowest BCUT2D eigenvalue weighted by molar-refractivity contribution is -0.120. The molecule has 1 amide bonds. The summed E-state index contributed by atoms with van der Waals surface area (Å²) in [6, 6.07) is 10.4. The Kier molecular flexibility index (Phi) is 6.10. The zero-order valence-corrected chi connectivity index (χ0v) is 18.5. The molecule has 4 N–H and O–H groups in total. The molecule has 1 saturated heterocycles. The van der Waals surface area contributed by atoms with Gasteiger partial charge in [0.05, 0.1) is 34.5 Å². The molecule has 0 spiro atoms. The van der Waals surface area contributed by atoms with Crippen LogP contribution < -0.4 is 21.3 Å². The molecule has 1 saturated carbocycles. The topological polar surface area (TPSA) is 90.4 Å². The molecule has 2 aromatic rings. The monoisotopic (exact) mass is 450 g/mol. The van der Waals surface area contributed by atoms with E-state index in [9.17, 15) is 4.79 Å². The predicted octanol–water partition coefficient (Wildman–Crippen LogP) is 3.87. The number of nitrogens with zero attached hydrogens (tertiary/aromatic N) is 2. The lowest BCUT2D eigenvalue weighted by Gasteiger charge is -2.25. The van der Waals surface area contributed by atoms with Crippen LogP contribution in [-0.4, -0.2) is 36.5 Å². The number of benzene rings is 1. The normalized spacial score (nSPS) is 21.2. The second-order valence-corrected chi connectivity index (χ2v) is 8.98. The molecule has 8 heteroatoms. The maximum Gasteiger partial charge on any atom is 0.227 e. The molecule has 1 unspecified atom stereocenters. The number of hydrogen-bond acceptors (Lipinski definition) is 6. The van der Waals surface area contributed by atoms with Crippen LogP contribution in [0.2, 0.25) is 0 Å². The smallest absolute Gasteiger partial charge is 0.227 e. The van der Waals surface area contributed by atoms with Gasteiger partial charge in [0.2, 0.25) is 5.91 Å². The van der Waals surface area contributed by atoms with Crippen molar-refractivity contribution in [1.29, 1.82) is 0 Å². The van der Waals surface area contributed by atoms with Crippen molar-refractivity contribution in [3.8, 4) is 0 Å². The van der Waals surface area contributed by atoms with Crippen molar-refractivity contribution in [2.45, 2.75) is 37.9 Å². The molecule has 2 aliphatic heterocycles. The second-order valence-electron chi connectivity index (χ2n) is 8.57. The third-order valence-corrected chi connectivity index (χ3v) is 6.39. The molecule has 5 rings (SSSR count). The number of hydrogen-bond donors (Lipinski definition) is 4. The summed E-state index contributed by atoms with van der Waals surface area (Å²) >= 11 is 6.47. The third-order valence-electron chi connectivity index (χ3n) is 6.10. The van der Waals surface area contributed by atoms with Gasteiger partial charge in [-0.15, -0.1) is 0 Å². The maximum absolute atomic E-state index is 12.5. The van der Waals surface area contributed by atoms with E-state index >= 15 is 0 Å². The average Bonchev–Trinajstić information content (AvgIpc) is 3.67. The van der Waals surface area contributed by atoms with Crippen LogP contribution in [0.5, 0.6) is 0 Å². The number of pyridine rings is 1. The van der Waals surface area contributed by atoms with E-state index in [-0.39, 0.29) is 11.8 Å². The van der Waals surface area contributed by atoms with Gasteiger partial charge in [-0.05, 0) is 68.0 Å². The van der Waals surface area contributed by atoms with Crippen molar-refractivity contribution in [2.24, 2.45) is 10.9 Å². The van der Waals surface area contributed by atoms with Crippen LogP contribution in [0.15, 0.2) is 52.8 Å². The van der Waals surface area contributed by atoms with Gasteiger partial charge in [-0.2, -0.15) is 0 Å². The molecule has 32 heavy (non-hydrogen) atoms. The molecule has 1 atom stereocenters. The number of piperidine rings is 1. The highest BCUT2D eigenvalue weighted by molar-refractivity contribution is 6.42. The number of allylic oxidation sites excluding steroid dienone is 1. The minimum absolute atomic E-state index is 0.0405. The molecular weight excluding hydrogens is 424 g/mol. The summed E-state index contributed by atoms with van der Waals surface area (Å²) in [5.74, 6) is 0.764. The summed E-state index contributed by atoms with van der Waals surface area (Å²) in [4.78, 5) is 21.3. The molecule has 1 aromatic heterocycles. The standard InChI is InChI=1S/C24H27ClN6O/c25-21-14-28-24(31-22(21)18-3-1-2-17(10-18)15-4-5-15)30-20-11-19(12-27-13-20)29-23(32)16-6-8-26-9-7-16/h1-3,10-16,24,26,30-31H,4-9H2,(H,29,32). The van der Waals surface area contributed by atoms with E-state index in [1.165, 1.54) is 18.4 Å². The number of rotatable bonds is 6. The first kappa shape index (κ1) is 21.0. The minimum atomic E-state index is -0.394. The van der Waals surface area contributed by atoms with Crippen LogP contribution in [0.25, 0.3) is 5.70 Å². The van der Waals surface area contributed by atoms with Crippen LogP contribution in [0.3, 0.4) is 0 Å². The number of aromatic nitrogens is 1. The molecule has 3 aliphatic rings. The summed E-state index contributed by atoms with van der Waals surface area (Å²) in [7, 11) is 0. The van der Waals surface area contributed by atoms with Crippen molar-refractivity contribution in [3.63, 3.8) is 0 Å². The Hall–Kier alpha value is -2.90. The van der Waals surface area contributed by atoms with Crippen LogP contribution in [0, 0.1) is 5.92 Å². The van der Waals surface area contributed by atoms with E-state index in [0.29, 0.717) is 16.6 Å². The highest BCUT2D eigenvalue weighted by Gasteiger charge is 2.25. The number of aliphatic imine (C=N–C) groups is 1. The highest BCUT2D eigenvalue weighted by atomic mass is 35.5. The van der Waals surface area contributed by atoms with Gasteiger partial charge in [0.1, 0.15) is 0 Å².